The third-order valence-electron chi connectivity index (χ3n) is 4.62. The summed E-state index contributed by atoms with van der Waals surface area (Å²) in [5.74, 6) is 0. The quantitative estimate of drug-likeness (QED) is 0.453. The predicted octanol–water partition coefficient (Wildman–Crippen LogP) is 5.58. The van der Waals surface area contributed by atoms with Gasteiger partial charge in [0.25, 0.3) is 0 Å². The number of rotatable bonds is 2. The number of fused-ring (bicyclic) bond motifs is 3. The minimum absolute atomic E-state index is 0.107. The van der Waals surface area contributed by atoms with Gasteiger partial charge in [0.05, 0.1) is 5.54 Å². The van der Waals surface area contributed by atoms with Crippen molar-refractivity contribution in [2.75, 3.05) is 0 Å². The van der Waals surface area contributed by atoms with E-state index in [1.807, 2.05) is 0 Å². The van der Waals surface area contributed by atoms with Crippen LogP contribution >= 0.6 is 0 Å². The average molecular weight is 285 g/mol. The van der Waals surface area contributed by atoms with Gasteiger partial charge in [-0.05, 0) is 31.5 Å². The van der Waals surface area contributed by atoms with Crippen molar-refractivity contribution in [3.05, 3.63) is 84.4 Å². The second-order valence-electron chi connectivity index (χ2n) is 6.29. The Hall–Kier alpha value is -2.54. The van der Waals surface area contributed by atoms with Crippen molar-refractivity contribution in [2.24, 2.45) is 0 Å². The van der Waals surface area contributed by atoms with E-state index < -0.39 is 0 Å². The van der Waals surface area contributed by atoms with Gasteiger partial charge in [0, 0.05) is 21.8 Å². The number of para-hydroxylation sites is 2. The van der Waals surface area contributed by atoms with Crippen molar-refractivity contribution in [1.29, 1.82) is 0 Å². The van der Waals surface area contributed by atoms with Crippen LogP contribution in [0, 0.1) is 0 Å². The smallest absolute Gasteiger partial charge is 0.0646 e. The Morgan fingerprint density at radius 3 is 1.59 bits per heavy atom. The lowest BCUT2D eigenvalue weighted by atomic mass is 9.93. The minimum atomic E-state index is -0.107. The fourth-order valence-corrected chi connectivity index (χ4v) is 3.50. The molecule has 0 aliphatic heterocycles. The number of hydrogen-bond acceptors (Lipinski definition) is 0. The summed E-state index contributed by atoms with van der Waals surface area (Å²) in [6.07, 6.45) is 0. The topological polar surface area (TPSA) is 4.93 Å². The molecule has 0 atom stereocenters. The van der Waals surface area contributed by atoms with Crippen LogP contribution in [0.3, 0.4) is 0 Å². The zero-order valence-electron chi connectivity index (χ0n) is 13.0. The fraction of sp³-hybridized carbons (Fsp3) is 0.143. The molecule has 4 aromatic rings. The molecule has 0 fully saturated rings. The highest BCUT2D eigenvalue weighted by Crippen LogP contribution is 2.36. The standard InChI is InChI=1S/C21H19N/c1-21(2,16-10-4-3-5-11-16)22-19-14-8-6-12-17(19)18-13-7-9-15-20(18)22/h3-15H,1-2H3. The van der Waals surface area contributed by atoms with Gasteiger partial charge in [0.1, 0.15) is 0 Å². The van der Waals surface area contributed by atoms with Crippen molar-refractivity contribution in [2.45, 2.75) is 19.4 Å². The Morgan fingerprint density at radius 1 is 0.591 bits per heavy atom. The first-order valence-corrected chi connectivity index (χ1v) is 7.74. The maximum Gasteiger partial charge on any atom is 0.0646 e. The Kier molecular flexibility index (Phi) is 2.83. The molecule has 0 aliphatic carbocycles. The van der Waals surface area contributed by atoms with Crippen LogP contribution in [0.1, 0.15) is 19.4 Å². The SMILES string of the molecule is CC(C)(c1ccccc1)n1c2ccccc2c2ccccc21. The van der Waals surface area contributed by atoms with Gasteiger partial charge < -0.3 is 4.57 Å². The van der Waals surface area contributed by atoms with Crippen LogP contribution in [0.5, 0.6) is 0 Å². The van der Waals surface area contributed by atoms with Gasteiger partial charge in [0.15, 0.2) is 0 Å². The third-order valence-corrected chi connectivity index (χ3v) is 4.62. The molecule has 1 nitrogen and oxygen atoms in total. The molecule has 108 valence electrons. The van der Waals surface area contributed by atoms with Gasteiger partial charge in [-0.3, -0.25) is 0 Å². The van der Waals surface area contributed by atoms with E-state index >= 15 is 0 Å². The molecule has 0 saturated heterocycles. The molecule has 1 aromatic heterocycles. The molecule has 0 spiro atoms. The molecular formula is C21H19N. The van der Waals surface area contributed by atoms with Crippen LogP contribution in [0.2, 0.25) is 0 Å². The highest BCUT2D eigenvalue weighted by molar-refractivity contribution is 6.08. The van der Waals surface area contributed by atoms with Gasteiger partial charge in [-0.15, -0.1) is 0 Å². The highest BCUT2D eigenvalue weighted by Gasteiger charge is 2.26. The highest BCUT2D eigenvalue weighted by atomic mass is 15.1. The minimum Gasteiger partial charge on any atom is -0.331 e. The van der Waals surface area contributed by atoms with Crippen LogP contribution in [0.4, 0.5) is 0 Å². The molecule has 0 radical (unpaired) electrons. The summed E-state index contributed by atoms with van der Waals surface area (Å²) in [7, 11) is 0. The summed E-state index contributed by atoms with van der Waals surface area (Å²) in [4.78, 5) is 0. The normalized spacial score (nSPS) is 12.1. The maximum absolute atomic E-state index is 2.47. The molecule has 1 heterocycles. The number of nitrogens with zero attached hydrogens (tertiary/aromatic N) is 1. The van der Waals surface area contributed by atoms with Gasteiger partial charge in [-0.1, -0.05) is 66.7 Å². The molecule has 0 N–H and O–H groups in total. The number of benzene rings is 3. The Balaban J connectivity index is 2.13. The van der Waals surface area contributed by atoms with Crippen molar-refractivity contribution in [3.8, 4) is 0 Å². The molecule has 0 aliphatic rings. The summed E-state index contributed by atoms with van der Waals surface area (Å²) in [6, 6.07) is 28.1. The average Bonchev–Trinajstić information content (AvgIpc) is 2.91. The van der Waals surface area contributed by atoms with Crippen molar-refractivity contribution in [1.82, 2.24) is 4.57 Å². The van der Waals surface area contributed by atoms with Gasteiger partial charge in [0.2, 0.25) is 0 Å². The van der Waals surface area contributed by atoms with Crippen molar-refractivity contribution >= 4 is 21.8 Å². The largest absolute Gasteiger partial charge is 0.331 e. The van der Waals surface area contributed by atoms with Gasteiger partial charge in [-0.2, -0.15) is 0 Å². The van der Waals surface area contributed by atoms with Gasteiger partial charge in [-0.25, -0.2) is 0 Å². The molecule has 3 aromatic carbocycles. The van der Waals surface area contributed by atoms with Crippen LogP contribution in [-0.4, -0.2) is 4.57 Å². The Bertz CT molecular complexity index is 892. The first-order valence-electron chi connectivity index (χ1n) is 7.74. The summed E-state index contributed by atoms with van der Waals surface area (Å²) in [5, 5.41) is 2.64. The van der Waals surface area contributed by atoms with E-state index in [9.17, 15) is 0 Å². The zero-order valence-corrected chi connectivity index (χ0v) is 13.0. The Labute approximate surface area is 130 Å². The lowest BCUT2D eigenvalue weighted by Gasteiger charge is -2.30. The van der Waals surface area contributed by atoms with E-state index in [-0.39, 0.29) is 5.54 Å². The summed E-state index contributed by atoms with van der Waals surface area (Å²) in [5.41, 5.74) is 3.79. The summed E-state index contributed by atoms with van der Waals surface area (Å²) >= 11 is 0. The fourth-order valence-electron chi connectivity index (χ4n) is 3.50. The second kappa shape index (κ2) is 4.74. The zero-order chi connectivity index (χ0) is 15.2. The molecule has 0 bridgehead atoms. The van der Waals surface area contributed by atoms with E-state index in [1.54, 1.807) is 0 Å². The third kappa shape index (κ3) is 1.79. The molecule has 0 unspecified atom stereocenters. The number of aromatic nitrogens is 1. The molecular weight excluding hydrogens is 266 g/mol. The van der Waals surface area contributed by atoms with Crippen LogP contribution in [0.25, 0.3) is 21.8 Å². The van der Waals surface area contributed by atoms with E-state index in [0.29, 0.717) is 0 Å². The predicted molar refractivity (Wildman–Crippen MR) is 94.3 cm³/mol. The number of hydrogen-bond donors (Lipinski definition) is 0. The second-order valence-corrected chi connectivity index (χ2v) is 6.29. The monoisotopic (exact) mass is 285 g/mol. The molecule has 0 amide bonds. The van der Waals surface area contributed by atoms with E-state index in [0.717, 1.165) is 0 Å². The lowest BCUT2D eigenvalue weighted by molar-refractivity contribution is 0.465. The summed E-state index contributed by atoms with van der Waals surface area (Å²) in [6.45, 7) is 4.59. The maximum atomic E-state index is 2.47. The van der Waals surface area contributed by atoms with Crippen LogP contribution in [0.15, 0.2) is 78.9 Å². The molecule has 4 rings (SSSR count). The van der Waals surface area contributed by atoms with Crippen LogP contribution < -0.4 is 0 Å². The van der Waals surface area contributed by atoms with Crippen molar-refractivity contribution < 1.29 is 0 Å². The van der Waals surface area contributed by atoms with E-state index in [2.05, 4.69) is 97.3 Å². The molecule has 22 heavy (non-hydrogen) atoms. The van der Waals surface area contributed by atoms with E-state index in [4.69, 9.17) is 0 Å². The first-order chi connectivity index (χ1) is 10.7. The van der Waals surface area contributed by atoms with Gasteiger partial charge >= 0.3 is 0 Å². The molecule has 0 saturated carbocycles. The Morgan fingerprint density at radius 2 is 1.05 bits per heavy atom. The summed E-state index contributed by atoms with van der Waals surface area (Å²) < 4.78 is 2.47. The van der Waals surface area contributed by atoms with Crippen molar-refractivity contribution in [3.63, 3.8) is 0 Å². The first kappa shape index (κ1) is 13.1. The van der Waals surface area contributed by atoms with Crippen LogP contribution in [-0.2, 0) is 5.54 Å². The lowest BCUT2D eigenvalue weighted by Crippen LogP contribution is -2.27. The molecule has 1 heteroatoms. The van der Waals surface area contributed by atoms with E-state index in [1.165, 1.54) is 27.4 Å².